The number of benzene rings is 3. The van der Waals surface area contributed by atoms with Gasteiger partial charge in [0.1, 0.15) is 11.6 Å². The van der Waals surface area contributed by atoms with Crippen molar-refractivity contribution in [2.24, 2.45) is 0 Å². The Balaban J connectivity index is 1.52. The van der Waals surface area contributed by atoms with E-state index in [0.29, 0.717) is 18.5 Å². The zero-order valence-corrected chi connectivity index (χ0v) is 20.0. The molecule has 6 heteroatoms. The molecule has 0 spiro atoms. The Morgan fingerprint density at radius 1 is 1.03 bits per heavy atom. The summed E-state index contributed by atoms with van der Waals surface area (Å²) in [5.74, 6) is 1.57. The Kier molecular flexibility index (Phi) is 7.14. The minimum atomic E-state index is -0.248. The molecule has 0 unspecified atom stereocenters. The van der Waals surface area contributed by atoms with Crippen LogP contribution in [0.3, 0.4) is 0 Å². The maximum absolute atomic E-state index is 13.3. The van der Waals surface area contributed by atoms with Crippen molar-refractivity contribution < 1.29 is 9.18 Å². The fourth-order valence-electron chi connectivity index (χ4n) is 3.93. The summed E-state index contributed by atoms with van der Waals surface area (Å²) < 4.78 is 15.5. The second-order valence-electron chi connectivity index (χ2n) is 8.26. The molecule has 1 N–H and O–H groups in total. The summed E-state index contributed by atoms with van der Waals surface area (Å²) in [6, 6.07) is 20.6. The topological polar surface area (TPSA) is 46.9 Å². The largest absolute Gasteiger partial charge is 0.348 e. The van der Waals surface area contributed by atoms with Crippen LogP contribution in [0.15, 0.2) is 71.6 Å². The number of carbonyl (C=O) groups excluding carboxylic acids is 1. The lowest BCUT2D eigenvalue weighted by Gasteiger charge is -2.13. The molecule has 0 aliphatic carbocycles. The monoisotopic (exact) mass is 461 g/mol. The summed E-state index contributed by atoms with van der Waals surface area (Å²) in [6.07, 6.45) is 0.598. The molecule has 1 amide bonds. The number of rotatable bonds is 8. The molecule has 0 aliphatic heterocycles. The van der Waals surface area contributed by atoms with Gasteiger partial charge in [0, 0.05) is 29.5 Å². The van der Waals surface area contributed by atoms with E-state index in [1.807, 2.05) is 30.3 Å². The van der Waals surface area contributed by atoms with Gasteiger partial charge >= 0.3 is 0 Å². The molecule has 0 radical (unpaired) electrons. The van der Waals surface area contributed by atoms with Crippen molar-refractivity contribution in [1.29, 1.82) is 0 Å². The van der Waals surface area contributed by atoms with E-state index in [-0.39, 0.29) is 17.8 Å². The molecule has 33 heavy (non-hydrogen) atoms. The van der Waals surface area contributed by atoms with Gasteiger partial charge < -0.3 is 9.88 Å². The molecule has 0 bridgehead atoms. The Labute approximate surface area is 198 Å². The fraction of sp³-hybridized carbons (Fsp3) is 0.259. The van der Waals surface area contributed by atoms with Gasteiger partial charge in [-0.2, -0.15) is 0 Å². The SMILES string of the molecule is CCSc1ccc(CNC(=O)c2ccc3c(c2)nc(Cc2ccc(F)cc2)n3C(C)C)cc1. The van der Waals surface area contributed by atoms with Crippen molar-refractivity contribution in [3.63, 3.8) is 0 Å². The van der Waals surface area contributed by atoms with Crippen LogP contribution < -0.4 is 5.32 Å². The zero-order valence-electron chi connectivity index (χ0n) is 19.1. The summed E-state index contributed by atoms with van der Waals surface area (Å²) >= 11 is 1.80. The molecule has 1 heterocycles. The maximum Gasteiger partial charge on any atom is 0.251 e. The Morgan fingerprint density at radius 2 is 1.73 bits per heavy atom. The third-order valence-electron chi connectivity index (χ3n) is 5.50. The second kappa shape index (κ2) is 10.2. The van der Waals surface area contributed by atoms with Crippen LogP contribution >= 0.6 is 11.8 Å². The van der Waals surface area contributed by atoms with Gasteiger partial charge in [-0.3, -0.25) is 4.79 Å². The number of nitrogens with zero attached hydrogens (tertiary/aromatic N) is 2. The number of halogens is 1. The molecular formula is C27H28FN3OS. The number of hydrogen-bond acceptors (Lipinski definition) is 3. The first-order chi connectivity index (χ1) is 15.9. The first-order valence-electron chi connectivity index (χ1n) is 11.2. The first-order valence-corrected chi connectivity index (χ1v) is 12.2. The lowest BCUT2D eigenvalue weighted by atomic mass is 10.1. The molecule has 4 rings (SSSR count). The highest BCUT2D eigenvalue weighted by molar-refractivity contribution is 7.99. The molecule has 170 valence electrons. The van der Waals surface area contributed by atoms with E-state index >= 15 is 0 Å². The molecule has 4 nitrogen and oxygen atoms in total. The van der Waals surface area contributed by atoms with Crippen LogP contribution in [0.2, 0.25) is 0 Å². The smallest absolute Gasteiger partial charge is 0.251 e. The highest BCUT2D eigenvalue weighted by atomic mass is 32.2. The van der Waals surface area contributed by atoms with Crippen molar-refractivity contribution >= 4 is 28.7 Å². The van der Waals surface area contributed by atoms with E-state index in [0.717, 1.165) is 33.7 Å². The van der Waals surface area contributed by atoms with Crippen LogP contribution in [0.4, 0.5) is 4.39 Å². The molecule has 0 saturated heterocycles. The van der Waals surface area contributed by atoms with E-state index < -0.39 is 0 Å². The van der Waals surface area contributed by atoms with Crippen molar-refractivity contribution in [2.45, 2.75) is 44.7 Å². The number of thioether (sulfide) groups is 1. The van der Waals surface area contributed by atoms with Gasteiger partial charge in [0.05, 0.1) is 11.0 Å². The van der Waals surface area contributed by atoms with E-state index in [9.17, 15) is 9.18 Å². The van der Waals surface area contributed by atoms with Gasteiger partial charge in [-0.25, -0.2) is 9.37 Å². The average Bonchev–Trinajstić information content (AvgIpc) is 3.17. The van der Waals surface area contributed by atoms with Crippen LogP contribution in [0.1, 0.15) is 54.1 Å². The van der Waals surface area contributed by atoms with Crippen molar-refractivity contribution in [3.05, 3.63) is 95.1 Å². The second-order valence-corrected chi connectivity index (χ2v) is 9.60. The predicted molar refractivity (Wildman–Crippen MR) is 133 cm³/mol. The average molecular weight is 462 g/mol. The Hall–Kier alpha value is -3.12. The first kappa shape index (κ1) is 23.1. The number of aromatic nitrogens is 2. The summed E-state index contributed by atoms with van der Waals surface area (Å²) in [7, 11) is 0. The maximum atomic E-state index is 13.3. The molecule has 0 saturated carbocycles. The lowest BCUT2D eigenvalue weighted by Crippen LogP contribution is -2.22. The number of nitrogens with one attached hydrogen (secondary N) is 1. The Bertz CT molecular complexity index is 1250. The Morgan fingerprint density at radius 3 is 2.39 bits per heavy atom. The number of carbonyl (C=O) groups is 1. The molecule has 1 aromatic heterocycles. The number of imidazole rings is 1. The highest BCUT2D eigenvalue weighted by Crippen LogP contribution is 2.24. The van der Waals surface area contributed by atoms with Crippen molar-refractivity contribution in [2.75, 3.05) is 5.75 Å². The summed E-state index contributed by atoms with van der Waals surface area (Å²) in [5, 5.41) is 3.00. The van der Waals surface area contributed by atoms with Crippen LogP contribution in [0, 0.1) is 5.82 Å². The number of hydrogen-bond donors (Lipinski definition) is 1. The minimum absolute atomic E-state index is 0.122. The normalized spacial score (nSPS) is 11.3. The number of amides is 1. The van der Waals surface area contributed by atoms with Crippen LogP contribution in [0.5, 0.6) is 0 Å². The lowest BCUT2D eigenvalue weighted by molar-refractivity contribution is 0.0951. The minimum Gasteiger partial charge on any atom is -0.348 e. The fourth-order valence-corrected chi connectivity index (χ4v) is 4.59. The summed E-state index contributed by atoms with van der Waals surface area (Å²) in [5.41, 5.74) is 4.42. The molecule has 0 atom stereocenters. The van der Waals surface area contributed by atoms with Gasteiger partial charge in [0.25, 0.3) is 5.91 Å². The van der Waals surface area contributed by atoms with Gasteiger partial charge in [0.15, 0.2) is 0 Å². The van der Waals surface area contributed by atoms with Gasteiger partial charge in [-0.1, -0.05) is 31.2 Å². The summed E-state index contributed by atoms with van der Waals surface area (Å²) in [6.45, 7) is 6.83. The van der Waals surface area contributed by atoms with E-state index in [1.165, 1.54) is 17.0 Å². The molecular weight excluding hydrogens is 433 g/mol. The summed E-state index contributed by atoms with van der Waals surface area (Å²) in [4.78, 5) is 18.9. The molecule has 4 aromatic rings. The standard InChI is InChI=1S/C27H28FN3OS/c1-4-33-23-12-7-20(8-13-23)17-29-27(32)21-9-14-25-24(16-21)30-26(31(25)18(2)3)15-19-5-10-22(28)11-6-19/h5-14,16,18H,4,15,17H2,1-3H3,(H,29,32). The molecule has 3 aromatic carbocycles. The van der Waals surface area contributed by atoms with Gasteiger partial charge in [-0.05, 0) is 73.2 Å². The highest BCUT2D eigenvalue weighted by Gasteiger charge is 2.16. The van der Waals surface area contributed by atoms with Crippen LogP contribution in [-0.4, -0.2) is 21.2 Å². The van der Waals surface area contributed by atoms with E-state index in [2.05, 4.69) is 42.8 Å². The zero-order chi connectivity index (χ0) is 23.4. The third kappa shape index (κ3) is 5.45. The van der Waals surface area contributed by atoms with Gasteiger partial charge in [-0.15, -0.1) is 11.8 Å². The van der Waals surface area contributed by atoms with Gasteiger partial charge in [0.2, 0.25) is 0 Å². The van der Waals surface area contributed by atoms with Crippen LogP contribution in [0.25, 0.3) is 11.0 Å². The van der Waals surface area contributed by atoms with E-state index in [4.69, 9.17) is 4.98 Å². The predicted octanol–water partition coefficient (Wildman–Crippen LogP) is 6.39. The number of fused-ring (bicyclic) bond motifs is 1. The van der Waals surface area contributed by atoms with Crippen molar-refractivity contribution in [3.8, 4) is 0 Å². The molecule has 0 aliphatic rings. The molecule has 0 fully saturated rings. The van der Waals surface area contributed by atoms with Crippen molar-refractivity contribution in [1.82, 2.24) is 14.9 Å². The quantitative estimate of drug-likeness (QED) is 0.309. The van der Waals surface area contributed by atoms with Crippen LogP contribution in [-0.2, 0) is 13.0 Å². The van der Waals surface area contributed by atoms with E-state index in [1.54, 1.807) is 23.9 Å². The third-order valence-corrected chi connectivity index (χ3v) is 6.40.